The highest BCUT2D eigenvalue weighted by Crippen LogP contribution is 2.13. The number of hydrogen-bond donors (Lipinski definition) is 2. The Morgan fingerprint density at radius 3 is 2.88 bits per heavy atom. The van der Waals surface area contributed by atoms with Crippen molar-refractivity contribution in [2.75, 3.05) is 5.73 Å². The second kappa shape index (κ2) is 4.97. The molecule has 5 heteroatoms. The lowest BCUT2D eigenvalue weighted by Gasteiger charge is -2.06. The maximum Gasteiger partial charge on any atom is 0.263 e. The van der Waals surface area contributed by atoms with E-state index in [1.54, 1.807) is 6.20 Å². The number of aryl methyl sites for hydroxylation is 1. The number of rotatable bonds is 3. The lowest BCUT2D eigenvalue weighted by molar-refractivity contribution is 0.0955. The zero-order chi connectivity index (χ0) is 12.3. The third-order valence-corrected chi connectivity index (χ3v) is 3.25. The molecule has 0 bridgehead atoms. The number of aromatic nitrogens is 1. The summed E-state index contributed by atoms with van der Waals surface area (Å²) in [6, 6.07) is 7.48. The monoisotopic (exact) mass is 247 g/mol. The largest absolute Gasteiger partial charge is 0.398 e. The average Bonchev–Trinajstić information content (AvgIpc) is 2.74. The summed E-state index contributed by atoms with van der Waals surface area (Å²) in [6.07, 6.45) is 1.59. The topological polar surface area (TPSA) is 68.0 Å². The standard InChI is InChI=1S/C12H13N3OS/c1-8-14-7-11(17-8)12(16)15-6-9-4-2-3-5-10(9)13/h2-5,7H,6,13H2,1H3,(H,15,16). The molecule has 1 heterocycles. The first kappa shape index (κ1) is 11.6. The number of nitrogens with one attached hydrogen (secondary N) is 1. The molecule has 4 nitrogen and oxygen atoms in total. The van der Waals surface area contributed by atoms with Crippen LogP contribution in [0.3, 0.4) is 0 Å². The first-order valence-corrected chi connectivity index (χ1v) is 6.02. The highest BCUT2D eigenvalue weighted by molar-refractivity contribution is 7.13. The molecule has 2 rings (SSSR count). The van der Waals surface area contributed by atoms with Crippen molar-refractivity contribution in [3.8, 4) is 0 Å². The number of hydrogen-bond acceptors (Lipinski definition) is 4. The zero-order valence-corrected chi connectivity index (χ0v) is 10.3. The molecular formula is C12H13N3OS. The van der Waals surface area contributed by atoms with Gasteiger partial charge in [-0.15, -0.1) is 11.3 Å². The minimum atomic E-state index is -0.112. The molecule has 2 aromatic rings. The molecule has 0 aliphatic heterocycles. The predicted molar refractivity (Wildman–Crippen MR) is 68.9 cm³/mol. The number of carbonyl (C=O) groups is 1. The third-order valence-electron chi connectivity index (χ3n) is 2.34. The van der Waals surface area contributed by atoms with Crippen LogP contribution < -0.4 is 11.1 Å². The molecule has 1 amide bonds. The van der Waals surface area contributed by atoms with E-state index in [0.29, 0.717) is 17.1 Å². The molecule has 0 fully saturated rings. The summed E-state index contributed by atoms with van der Waals surface area (Å²) in [4.78, 5) is 16.4. The van der Waals surface area contributed by atoms with Gasteiger partial charge in [-0.25, -0.2) is 4.98 Å². The van der Waals surface area contributed by atoms with Crippen molar-refractivity contribution in [3.05, 3.63) is 45.9 Å². The second-order valence-electron chi connectivity index (χ2n) is 3.63. The fourth-order valence-electron chi connectivity index (χ4n) is 1.42. The van der Waals surface area contributed by atoms with Gasteiger partial charge in [0.05, 0.1) is 11.2 Å². The Labute approximate surface area is 103 Å². The van der Waals surface area contributed by atoms with E-state index >= 15 is 0 Å². The Hall–Kier alpha value is -1.88. The fourth-order valence-corrected chi connectivity index (χ4v) is 2.12. The summed E-state index contributed by atoms with van der Waals surface area (Å²) < 4.78 is 0. The lowest BCUT2D eigenvalue weighted by atomic mass is 10.2. The first-order chi connectivity index (χ1) is 8.16. The van der Waals surface area contributed by atoms with Crippen LogP contribution in [0.4, 0.5) is 5.69 Å². The van der Waals surface area contributed by atoms with Crippen LogP contribution in [0.15, 0.2) is 30.5 Å². The van der Waals surface area contributed by atoms with Gasteiger partial charge in [0.25, 0.3) is 5.91 Å². The van der Waals surface area contributed by atoms with Gasteiger partial charge >= 0.3 is 0 Å². The minimum absolute atomic E-state index is 0.112. The van der Waals surface area contributed by atoms with Gasteiger partial charge in [-0.2, -0.15) is 0 Å². The highest BCUT2D eigenvalue weighted by atomic mass is 32.1. The summed E-state index contributed by atoms with van der Waals surface area (Å²) in [5, 5.41) is 3.70. The Morgan fingerprint density at radius 2 is 2.24 bits per heavy atom. The van der Waals surface area contributed by atoms with Gasteiger partial charge in [-0.05, 0) is 18.6 Å². The Bertz CT molecular complexity index is 536. The molecule has 0 saturated heterocycles. The van der Waals surface area contributed by atoms with Gasteiger partial charge in [-0.1, -0.05) is 18.2 Å². The van der Waals surface area contributed by atoms with Crippen molar-refractivity contribution in [1.29, 1.82) is 0 Å². The van der Waals surface area contributed by atoms with Gasteiger partial charge in [0.2, 0.25) is 0 Å². The molecule has 0 unspecified atom stereocenters. The summed E-state index contributed by atoms with van der Waals surface area (Å²) in [7, 11) is 0. The molecule has 88 valence electrons. The van der Waals surface area contributed by atoms with E-state index in [4.69, 9.17) is 5.73 Å². The van der Waals surface area contributed by atoms with E-state index in [9.17, 15) is 4.79 Å². The van der Waals surface area contributed by atoms with E-state index in [2.05, 4.69) is 10.3 Å². The van der Waals surface area contributed by atoms with E-state index in [-0.39, 0.29) is 5.91 Å². The summed E-state index contributed by atoms with van der Waals surface area (Å²) in [6.45, 7) is 2.30. The molecule has 3 N–H and O–H groups in total. The molecule has 0 aliphatic carbocycles. The van der Waals surface area contributed by atoms with Crippen LogP contribution in [0, 0.1) is 6.92 Å². The number of benzene rings is 1. The maximum absolute atomic E-state index is 11.8. The van der Waals surface area contributed by atoms with E-state index in [1.165, 1.54) is 11.3 Å². The van der Waals surface area contributed by atoms with Crippen LogP contribution in [-0.4, -0.2) is 10.9 Å². The van der Waals surface area contributed by atoms with Gasteiger partial charge in [0.1, 0.15) is 4.88 Å². The van der Waals surface area contributed by atoms with Crippen molar-refractivity contribution < 1.29 is 4.79 Å². The lowest BCUT2D eigenvalue weighted by Crippen LogP contribution is -2.22. The number of para-hydroxylation sites is 1. The van der Waals surface area contributed by atoms with Gasteiger partial charge < -0.3 is 11.1 Å². The molecule has 1 aromatic carbocycles. The van der Waals surface area contributed by atoms with Gasteiger partial charge in [0.15, 0.2) is 0 Å². The third kappa shape index (κ3) is 2.82. The molecule has 0 atom stereocenters. The maximum atomic E-state index is 11.8. The number of nitrogens with zero attached hydrogens (tertiary/aromatic N) is 1. The minimum Gasteiger partial charge on any atom is -0.398 e. The van der Waals surface area contributed by atoms with Crippen molar-refractivity contribution in [1.82, 2.24) is 10.3 Å². The Balaban J connectivity index is 1.99. The van der Waals surface area contributed by atoms with Crippen LogP contribution in [0.1, 0.15) is 20.2 Å². The number of amides is 1. The van der Waals surface area contributed by atoms with Crippen LogP contribution >= 0.6 is 11.3 Å². The van der Waals surface area contributed by atoms with Gasteiger partial charge in [0, 0.05) is 12.2 Å². The summed E-state index contributed by atoms with van der Waals surface area (Å²) in [5.41, 5.74) is 7.40. The number of nitrogen functional groups attached to an aromatic ring is 1. The van der Waals surface area contributed by atoms with Crippen LogP contribution in [-0.2, 0) is 6.54 Å². The number of carbonyl (C=O) groups excluding carboxylic acids is 1. The second-order valence-corrected chi connectivity index (χ2v) is 4.86. The molecule has 0 radical (unpaired) electrons. The molecule has 1 aromatic heterocycles. The Morgan fingerprint density at radius 1 is 1.47 bits per heavy atom. The predicted octanol–water partition coefficient (Wildman–Crippen LogP) is 1.96. The summed E-state index contributed by atoms with van der Waals surface area (Å²) >= 11 is 1.38. The van der Waals surface area contributed by atoms with Crippen molar-refractivity contribution >= 4 is 22.9 Å². The fraction of sp³-hybridized carbons (Fsp3) is 0.167. The normalized spacial score (nSPS) is 10.2. The van der Waals surface area contributed by atoms with Crippen molar-refractivity contribution in [3.63, 3.8) is 0 Å². The number of thiazole rings is 1. The van der Waals surface area contributed by atoms with E-state index < -0.39 is 0 Å². The smallest absolute Gasteiger partial charge is 0.263 e. The SMILES string of the molecule is Cc1ncc(C(=O)NCc2ccccc2N)s1. The first-order valence-electron chi connectivity index (χ1n) is 5.21. The molecule has 0 spiro atoms. The number of anilines is 1. The Kier molecular flexibility index (Phi) is 3.39. The molecular weight excluding hydrogens is 234 g/mol. The highest BCUT2D eigenvalue weighted by Gasteiger charge is 2.08. The quantitative estimate of drug-likeness (QED) is 0.815. The van der Waals surface area contributed by atoms with Crippen LogP contribution in [0.2, 0.25) is 0 Å². The van der Waals surface area contributed by atoms with Crippen LogP contribution in [0.25, 0.3) is 0 Å². The average molecular weight is 247 g/mol. The molecule has 17 heavy (non-hydrogen) atoms. The van der Waals surface area contributed by atoms with E-state index in [0.717, 1.165) is 10.6 Å². The molecule has 0 saturated carbocycles. The molecule has 0 aliphatic rings. The summed E-state index contributed by atoms with van der Waals surface area (Å²) in [5.74, 6) is -0.112. The van der Waals surface area contributed by atoms with Crippen molar-refractivity contribution in [2.45, 2.75) is 13.5 Å². The van der Waals surface area contributed by atoms with Crippen molar-refractivity contribution in [2.24, 2.45) is 0 Å². The zero-order valence-electron chi connectivity index (χ0n) is 9.43. The number of nitrogens with two attached hydrogens (primary N) is 1. The van der Waals surface area contributed by atoms with E-state index in [1.807, 2.05) is 31.2 Å². The van der Waals surface area contributed by atoms with Gasteiger partial charge in [-0.3, -0.25) is 4.79 Å². The van der Waals surface area contributed by atoms with Crippen LogP contribution in [0.5, 0.6) is 0 Å².